The maximum absolute atomic E-state index is 12.2. The first-order valence-corrected chi connectivity index (χ1v) is 16.6. The van der Waals surface area contributed by atoms with Crippen molar-refractivity contribution in [3.63, 3.8) is 0 Å². The summed E-state index contributed by atoms with van der Waals surface area (Å²) in [6.07, 6.45) is 7.39. The number of anilines is 2. The van der Waals surface area contributed by atoms with Crippen molar-refractivity contribution >= 4 is 66.6 Å². The van der Waals surface area contributed by atoms with Gasteiger partial charge in [-0.15, -0.1) is 10.2 Å². The lowest BCUT2D eigenvalue weighted by Crippen LogP contribution is -2.14. The second kappa shape index (κ2) is 14.5. The van der Waals surface area contributed by atoms with E-state index in [9.17, 15) is 32.8 Å². The molecule has 4 aromatic carbocycles. The zero-order valence-electron chi connectivity index (χ0n) is 27.3. The number of allylic oxidation sites excluding steroid dienone is 6. The van der Waals surface area contributed by atoms with Crippen LogP contribution in [0, 0.1) is 0 Å². The van der Waals surface area contributed by atoms with E-state index in [1.165, 1.54) is 56.7 Å². The van der Waals surface area contributed by atoms with E-state index in [2.05, 4.69) is 31.3 Å². The van der Waals surface area contributed by atoms with E-state index in [-0.39, 0.29) is 33.6 Å². The fraction of sp³-hybridized carbons (Fsp3) is 0.0556. The molecule has 0 amide bonds. The quantitative estimate of drug-likeness (QED) is 0.0373. The Balaban J connectivity index is 1.28. The lowest BCUT2D eigenvalue weighted by molar-refractivity contribution is -0.110. The maximum Gasteiger partial charge on any atom is 0.294 e. The van der Waals surface area contributed by atoms with Crippen LogP contribution < -0.4 is 20.3 Å². The molecule has 262 valence electrons. The van der Waals surface area contributed by atoms with E-state index in [1.54, 1.807) is 36.4 Å². The third-order valence-electron chi connectivity index (χ3n) is 7.73. The van der Waals surface area contributed by atoms with Gasteiger partial charge in [-0.2, -0.15) is 18.6 Å². The molecule has 2 aliphatic rings. The van der Waals surface area contributed by atoms with E-state index in [0.29, 0.717) is 45.0 Å². The summed E-state index contributed by atoms with van der Waals surface area (Å²) in [7, 11) is -1.57. The minimum Gasteiger partial charge on any atom is -0.508 e. The van der Waals surface area contributed by atoms with Gasteiger partial charge in [0.2, 0.25) is 5.78 Å². The minimum absolute atomic E-state index is 0.00245. The monoisotopic (exact) mass is 720 g/mol. The number of hydrogen-bond acceptors (Lipinski definition) is 14. The van der Waals surface area contributed by atoms with Gasteiger partial charge in [0.05, 0.1) is 36.2 Å². The molecule has 2 aliphatic carbocycles. The third kappa shape index (κ3) is 7.62. The van der Waals surface area contributed by atoms with Crippen molar-refractivity contribution < 1.29 is 42.2 Å². The van der Waals surface area contributed by atoms with E-state index in [0.717, 1.165) is 23.3 Å². The molecule has 0 fully saturated rings. The van der Waals surface area contributed by atoms with Crippen molar-refractivity contribution in [2.24, 2.45) is 20.4 Å². The van der Waals surface area contributed by atoms with Crippen LogP contribution in [-0.2, 0) is 19.7 Å². The molecule has 0 radical (unpaired) electrons. The van der Waals surface area contributed by atoms with E-state index >= 15 is 0 Å². The normalized spacial score (nSPS) is 16.1. The fourth-order valence-electron chi connectivity index (χ4n) is 5.10. The highest BCUT2D eigenvalue weighted by Gasteiger charge is 2.17. The maximum atomic E-state index is 12.2. The highest BCUT2D eigenvalue weighted by molar-refractivity contribution is 7.85. The van der Waals surface area contributed by atoms with Crippen LogP contribution in [0.15, 0.2) is 140 Å². The summed E-state index contributed by atoms with van der Waals surface area (Å²) >= 11 is 0. The molecule has 4 aromatic rings. The Kier molecular flexibility index (Phi) is 9.75. The predicted octanol–water partition coefficient (Wildman–Crippen LogP) is 6.88. The lowest BCUT2D eigenvalue weighted by atomic mass is 10.0. The molecule has 0 saturated carbocycles. The van der Waals surface area contributed by atoms with Crippen molar-refractivity contribution in [2.45, 2.75) is 4.90 Å². The molecule has 16 heteroatoms. The molecule has 52 heavy (non-hydrogen) atoms. The van der Waals surface area contributed by atoms with Crippen molar-refractivity contribution in [1.29, 1.82) is 0 Å². The van der Waals surface area contributed by atoms with Gasteiger partial charge in [0.15, 0.2) is 5.78 Å². The zero-order chi connectivity index (χ0) is 37.0. The summed E-state index contributed by atoms with van der Waals surface area (Å²) in [5.41, 5.74) is 8.85. The molecule has 0 bridgehead atoms. The number of fused-ring (bicyclic) bond motifs is 1. The Morgan fingerprint density at radius 2 is 1.29 bits per heavy atom. The van der Waals surface area contributed by atoms with Crippen LogP contribution in [0.3, 0.4) is 0 Å². The molecular weight excluding hydrogens is 692 g/mol. The molecule has 5 N–H and O–H groups in total. The van der Waals surface area contributed by atoms with Crippen LogP contribution in [0.2, 0.25) is 0 Å². The number of aliphatic hydroxyl groups is 2. The van der Waals surface area contributed by atoms with Crippen molar-refractivity contribution in [3.8, 4) is 22.6 Å². The molecule has 0 unspecified atom stereocenters. The van der Waals surface area contributed by atoms with Crippen LogP contribution in [-0.4, -0.2) is 60.4 Å². The van der Waals surface area contributed by atoms with Crippen LogP contribution in [0.5, 0.6) is 11.5 Å². The van der Waals surface area contributed by atoms with Gasteiger partial charge in [0.1, 0.15) is 40.1 Å². The summed E-state index contributed by atoms with van der Waals surface area (Å²) in [6.45, 7) is 0. The number of aliphatic hydroxyl groups excluding tert-OH is 2. The van der Waals surface area contributed by atoms with Crippen LogP contribution >= 0.6 is 0 Å². The Labute approximate surface area is 296 Å². The number of carbonyl (C=O) groups is 2. The lowest BCUT2D eigenvalue weighted by Gasteiger charge is -2.13. The largest absolute Gasteiger partial charge is 0.508 e. The number of rotatable bonds is 10. The first-order chi connectivity index (χ1) is 24.9. The van der Waals surface area contributed by atoms with Gasteiger partial charge in [0, 0.05) is 22.9 Å². The molecule has 0 spiro atoms. The second-order valence-electron chi connectivity index (χ2n) is 11.1. The Bertz CT molecular complexity index is 2480. The molecule has 6 rings (SSSR count). The van der Waals surface area contributed by atoms with E-state index < -0.39 is 15.9 Å². The number of hydrazone groups is 2. The first kappa shape index (κ1) is 34.9. The molecule has 15 nitrogen and oxygen atoms in total. The number of nitrogens with one attached hydrogen (secondary N) is 2. The van der Waals surface area contributed by atoms with Crippen LogP contribution in [0.25, 0.3) is 21.9 Å². The molecule has 0 atom stereocenters. The number of ketones is 2. The summed E-state index contributed by atoms with van der Waals surface area (Å²) in [4.78, 5) is 23.3. The number of carbonyl (C=O) groups excluding carboxylic acids is 2. The van der Waals surface area contributed by atoms with Gasteiger partial charge in [-0.3, -0.25) is 25.0 Å². The summed E-state index contributed by atoms with van der Waals surface area (Å²) in [5, 5.41) is 37.3. The first-order valence-electron chi connectivity index (χ1n) is 15.2. The summed E-state index contributed by atoms with van der Waals surface area (Å²) < 4.78 is 44.8. The van der Waals surface area contributed by atoms with E-state index in [4.69, 9.17) is 9.47 Å². The zero-order valence-corrected chi connectivity index (χ0v) is 28.1. The van der Waals surface area contributed by atoms with Gasteiger partial charge in [-0.1, -0.05) is 18.2 Å². The third-order valence-corrected chi connectivity index (χ3v) is 8.58. The van der Waals surface area contributed by atoms with Gasteiger partial charge < -0.3 is 19.7 Å². The average molecular weight is 721 g/mol. The van der Waals surface area contributed by atoms with Crippen molar-refractivity contribution in [1.82, 2.24) is 0 Å². The average Bonchev–Trinajstić information content (AvgIpc) is 3.12. The fourth-order valence-corrected chi connectivity index (χ4v) is 5.61. The number of methoxy groups -OCH3 is 2. The number of ether oxygens (including phenoxy) is 2. The number of benzene rings is 4. The standard InChI is InChI=1S/C36H28N6O9S/c1-50-35-15-20(21-4-10-32(36(16-21)51-2)42-40-30-12-6-23(44)18-34(30)46)3-9-31(35)41-37-27-13-14-28(38-39-29-11-5-22(43)17-33(29)45)26-19-24(52(47,48)49)7-8-25(26)27/h3-19,38,42-43,46H,1-2H3,(H,47,48,49). The van der Waals surface area contributed by atoms with Crippen molar-refractivity contribution in [3.05, 3.63) is 115 Å². The number of nitrogens with zero attached hydrogens (tertiary/aromatic N) is 4. The second-order valence-corrected chi connectivity index (χ2v) is 12.5. The molecule has 0 aliphatic heterocycles. The topological polar surface area (TPSA) is 221 Å². The Morgan fingerprint density at radius 3 is 2.00 bits per heavy atom. The highest BCUT2D eigenvalue weighted by atomic mass is 32.2. The van der Waals surface area contributed by atoms with Gasteiger partial charge >= 0.3 is 0 Å². The smallest absolute Gasteiger partial charge is 0.294 e. The summed E-state index contributed by atoms with van der Waals surface area (Å²) in [5.74, 6) is -0.493. The number of azo groups is 1. The molecule has 0 saturated heterocycles. The van der Waals surface area contributed by atoms with Crippen LogP contribution in [0.1, 0.15) is 0 Å². The molecule has 0 aromatic heterocycles. The number of hydrogen-bond donors (Lipinski definition) is 5. The van der Waals surface area contributed by atoms with E-state index in [1.807, 2.05) is 12.1 Å². The minimum atomic E-state index is -4.56. The van der Waals surface area contributed by atoms with Crippen LogP contribution in [0.4, 0.5) is 22.7 Å². The van der Waals surface area contributed by atoms with Gasteiger partial charge in [-0.05, 0) is 84.0 Å². The summed E-state index contributed by atoms with van der Waals surface area (Å²) in [6, 6.07) is 17.7. The van der Waals surface area contributed by atoms with Gasteiger partial charge in [-0.25, -0.2) is 0 Å². The SMILES string of the molecule is COc1cc(-c2ccc(NN=C3C=CC(=O)C=C3O)c(OC)c2)ccc1N=Nc1ccc(NN=C2C=CC(O)=CC2=O)c2cc(S(=O)(=O)O)ccc12. The molecular formula is C36H28N6O9S. The molecule has 0 heterocycles. The highest BCUT2D eigenvalue weighted by Crippen LogP contribution is 2.39. The Morgan fingerprint density at radius 1 is 0.654 bits per heavy atom. The Hall–Kier alpha value is -6.91. The predicted molar refractivity (Wildman–Crippen MR) is 195 cm³/mol. The van der Waals surface area contributed by atoms with Gasteiger partial charge in [0.25, 0.3) is 10.1 Å². The van der Waals surface area contributed by atoms with Crippen molar-refractivity contribution in [2.75, 3.05) is 25.1 Å².